The first kappa shape index (κ1) is 27.8. The minimum atomic E-state index is -0.858. The van der Waals surface area contributed by atoms with Crippen LogP contribution in [-0.2, 0) is 6.54 Å². The van der Waals surface area contributed by atoms with E-state index in [1.165, 1.54) is 28.2 Å². The summed E-state index contributed by atoms with van der Waals surface area (Å²) in [4.78, 5) is 32.8. The van der Waals surface area contributed by atoms with E-state index in [9.17, 15) is 9.59 Å². The van der Waals surface area contributed by atoms with Gasteiger partial charge in [-0.05, 0) is 86.9 Å². The number of amides is 1. The second-order valence-electron chi connectivity index (χ2n) is 11.3. The van der Waals surface area contributed by atoms with E-state index < -0.39 is 5.79 Å². The highest BCUT2D eigenvalue weighted by Gasteiger charge is 2.47. The Bertz CT molecular complexity index is 1710. The minimum absolute atomic E-state index is 0.105. The molecule has 0 spiro atoms. The van der Waals surface area contributed by atoms with Crippen LogP contribution in [0.2, 0.25) is 5.02 Å². The van der Waals surface area contributed by atoms with Crippen LogP contribution in [0.15, 0.2) is 52.3 Å². The molecule has 214 valence electrons. The average molecular weight is 592 g/mol. The fourth-order valence-corrected chi connectivity index (χ4v) is 7.26. The van der Waals surface area contributed by atoms with Gasteiger partial charge >= 0.3 is 0 Å². The van der Waals surface area contributed by atoms with Gasteiger partial charge in [0.1, 0.15) is 0 Å². The monoisotopic (exact) mass is 591 g/mol. The number of rotatable bonds is 6. The first-order valence-corrected chi connectivity index (χ1v) is 15.6. The highest BCUT2D eigenvalue weighted by Crippen LogP contribution is 2.52. The topological polar surface area (TPSA) is 96.2 Å². The summed E-state index contributed by atoms with van der Waals surface area (Å²) in [5, 5.41) is 4.46. The van der Waals surface area contributed by atoms with E-state index in [0.717, 1.165) is 36.3 Å². The summed E-state index contributed by atoms with van der Waals surface area (Å²) in [5.74, 6) is 0.508. The minimum Gasteiger partial charge on any atom is -0.448 e. The maximum Gasteiger partial charge on any atom is 0.254 e. The van der Waals surface area contributed by atoms with Gasteiger partial charge in [0.2, 0.25) is 0 Å². The van der Waals surface area contributed by atoms with E-state index in [2.05, 4.69) is 39.6 Å². The molecule has 1 fully saturated rings. The molecule has 1 amide bonds. The van der Waals surface area contributed by atoms with Crippen molar-refractivity contribution in [3.8, 4) is 11.5 Å². The number of pyridine rings is 1. The van der Waals surface area contributed by atoms with E-state index in [1.807, 2.05) is 39.3 Å². The van der Waals surface area contributed by atoms with Gasteiger partial charge in [0.15, 0.2) is 11.5 Å². The number of hydrogen-bond acceptors (Lipinski definition) is 5. The summed E-state index contributed by atoms with van der Waals surface area (Å²) >= 11 is 8.14. The van der Waals surface area contributed by atoms with Crippen LogP contribution in [0.4, 0.5) is 0 Å². The summed E-state index contributed by atoms with van der Waals surface area (Å²) in [6, 6.07) is 12.3. The van der Waals surface area contributed by atoms with Crippen LogP contribution in [0.25, 0.3) is 10.9 Å². The number of ether oxygens (including phenoxy) is 2. The van der Waals surface area contributed by atoms with Crippen LogP contribution >= 0.6 is 23.4 Å². The van der Waals surface area contributed by atoms with Crippen LogP contribution in [-0.4, -0.2) is 27.9 Å². The number of fused-ring (bicyclic) bond motifs is 2. The maximum atomic E-state index is 13.3. The molecule has 0 bridgehead atoms. The SMILES string of the molecule is CSc1cc(C)[nH]c(=O)c1CNC(=O)c1cc(Cl)c2c(c1C)OC(C)(C1CCC(c3ccc4cc[nH]c4c3)CC1)O2. The number of aromatic amines is 2. The molecule has 9 heteroatoms. The van der Waals surface area contributed by atoms with Gasteiger partial charge in [-0.25, -0.2) is 0 Å². The Morgan fingerprint density at radius 2 is 1.85 bits per heavy atom. The van der Waals surface area contributed by atoms with Gasteiger partial charge in [-0.15, -0.1) is 11.8 Å². The molecular formula is C32H34ClN3O4S. The number of nitrogens with one attached hydrogen (secondary N) is 3. The third-order valence-corrected chi connectivity index (χ3v) is 9.77. The Hall–Kier alpha value is -3.36. The average Bonchev–Trinajstić information content (AvgIpc) is 3.59. The van der Waals surface area contributed by atoms with Crippen molar-refractivity contribution in [3.05, 3.63) is 85.9 Å². The predicted molar refractivity (Wildman–Crippen MR) is 164 cm³/mol. The molecule has 1 atom stereocenters. The van der Waals surface area contributed by atoms with Crippen molar-refractivity contribution >= 4 is 40.2 Å². The van der Waals surface area contributed by atoms with Gasteiger partial charge in [0.05, 0.1) is 5.02 Å². The highest BCUT2D eigenvalue weighted by molar-refractivity contribution is 7.98. The maximum absolute atomic E-state index is 13.3. The molecule has 2 aromatic heterocycles. The Morgan fingerprint density at radius 1 is 1.10 bits per heavy atom. The van der Waals surface area contributed by atoms with Crippen molar-refractivity contribution in [1.29, 1.82) is 0 Å². The van der Waals surface area contributed by atoms with Crippen molar-refractivity contribution in [2.75, 3.05) is 6.26 Å². The predicted octanol–water partition coefficient (Wildman–Crippen LogP) is 7.24. The smallest absolute Gasteiger partial charge is 0.254 e. The number of halogens is 1. The fourth-order valence-electron chi connectivity index (χ4n) is 6.32. The van der Waals surface area contributed by atoms with Crippen molar-refractivity contribution in [1.82, 2.24) is 15.3 Å². The third-order valence-electron chi connectivity index (χ3n) is 8.69. The van der Waals surface area contributed by atoms with E-state index in [-0.39, 0.29) is 23.9 Å². The molecule has 7 nitrogen and oxygen atoms in total. The molecule has 1 aliphatic carbocycles. The summed E-state index contributed by atoms with van der Waals surface area (Å²) in [6.45, 7) is 5.77. The van der Waals surface area contributed by atoms with Gasteiger partial charge in [-0.1, -0.05) is 23.7 Å². The second-order valence-corrected chi connectivity index (χ2v) is 12.5. The Balaban J connectivity index is 1.16. The molecular weight excluding hydrogens is 558 g/mol. The van der Waals surface area contributed by atoms with Gasteiger partial charge in [-0.3, -0.25) is 9.59 Å². The van der Waals surface area contributed by atoms with Gasteiger partial charge in [0, 0.05) is 58.4 Å². The van der Waals surface area contributed by atoms with Crippen LogP contribution in [0.3, 0.4) is 0 Å². The molecule has 2 aromatic carbocycles. The number of aromatic nitrogens is 2. The zero-order valence-electron chi connectivity index (χ0n) is 23.7. The second kappa shape index (κ2) is 10.8. The molecule has 4 aromatic rings. The Labute approximate surface area is 248 Å². The molecule has 3 heterocycles. The number of thioether (sulfide) groups is 1. The van der Waals surface area contributed by atoms with Gasteiger partial charge in [0.25, 0.3) is 17.3 Å². The Kier molecular flexibility index (Phi) is 7.32. The lowest BCUT2D eigenvalue weighted by atomic mass is 9.75. The summed E-state index contributed by atoms with van der Waals surface area (Å²) in [5.41, 5.74) is 4.72. The van der Waals surface area contributed by atoms with Crippen LogP contribution in [0, 0.1) is 19.8 Å². The fraction of sp³-hybridized carbons (Fsp3) is 0.375. The standard InChI is InChI=1S/C32H34ClN3O4S/c1-17-13-27(41-4)24(31(38)36-17)16-35-30(37)23-15-25(33)29-28(18(23)2)39-32(3,40-29)22-9-7-19(8-10-22)21-6-5-20-11-12-34-26(20)14-21/h5-6,11-15,19,22,34H,7-10,16H2,1-4H3,(H,35,37)(H,36,38). The largest absolute Gasteiger partial charge is 0.448 e. The van der Waals surface area contributed by atoms with E-state index >= 15 is 0 Å². The lowest BCUT2D eigenvalue weighted by Gasteiger charge is -2.37. The molecule has 0 saturated heterocycles. The number of carbonyl (C=O) groups is 1. The number of hydrogen-bond donors (Lipinski definition) is 3. The molecule has 41 heavy (non-hydrogen) atoms. The van der Waals surface area contributed by atoms with Crippen molar-refractivity contribution in [2.45, 2.75) is 69.6 Å². The molecule has 1 aliphatic heterocycles. The van der Waals surface area contributed by atoms with Crippen molar-refractivity contribution in [2.24, 2.45) is 5.92 Å². The van der Waals surface area contributed by atoms with E-state index in [1.54, 1.807) is 6.07 Å². The van der Waals surface area contributed by atoms with E-state index in [4.69, 9.17) is 21.1 Å². The normalized spacial score (nSPS) is 21.8. The lowest BCUT2D eigenvalue weighted by Crippen LogP contribution is -2.44. The van der Waals surface area contributed by atoms with Gasteiger partial charge < -0.3 is 24.8 Å². The molecule has 0 radical (unpaired) electrons. The summed E-state index contributed by atoms with van der Waals surface area (Å²) < 4.78 is 12.9. The van der Waals surface area contributed by atoms with Gasteiger partial charge in [-0.2, -0.15) is 0 Å². The van der Waals surface area contributed by atoms with Crippen molar-refractivity contribution in [3.63, 3.8) is 0 Å². The molecule has 6 rings (SSSR count). The first-order valence-electron chi connectivity index (χ1n) is 14.0. The van der Waals surface area contributed by atoms with Crippen molar-refractivity contribution < 1.29 is 14.3 Å². The molecule has 2 aliphatic rings. The number of benzene rings is 2. The third kappa shape index (κ3) is 5.12. The summed E-state index contributed by atoms with van der Waals surface area (Å²) in [7, 11) is 0. The number of carbonyl (C=O) groups excluding carboxylic acids is 1. The first-order chi connectivity index (χ1) is 19.7. The zero-order valence-corrected chi connectivity index (χ0v) is 25.2. The lowest BCUT2D eigenvalue weighted by molar-refractivity contribution is -0.121. The van der Waals surface area contributed by atoms with E-state index in [0.29, 0.717) is 39.1 Å². The molecule has 1 saturated carbocycles. The van der Waals surface area contributed by atoms with Crippen LogP contribution in [0.1, 0.15) is 71.3 Å². The quantitative estimate of drug-likeness (QED) is 0.205. The number of aryl methyl sites for hydroxylation is 1. The molecule has 3 N–H and O–H groups in total. The Morgan fingerprint density at radius 3 is 2.61 bits per heavy atom. The zero-order chi connectivity index (χ0) is 28.9. The highest BCUT2D eigenvalue weighted by atomic mass is 35.5. The van der Waals surface area contributed by atoms with Crippen LogP contribution < -0.4 is 20.3 Å². The molecule has 1 unspecified atom stereocenters. The summed E-state index contributed by atoms with van der Waals surface area (Å²) in [6.07, 6.45) is 7.91. The number of H-pyrrole nitrogens is 2. The van der Waals surface area contributed by atoms with Crippen LogP contribution in [0.5, 0.6) is 11.5 Å².